The Morgan fingerprint density at radius 1 is 1.07 bits per heavy atom. The second-order valence-corrected chi connectivity index (χ2v) is 7.78. The number of hydrogen-bond donors (Lipinski definition) is 1. The number of nitrogens with one attached hydrogen (secondary N) is 1. The van der Waals surface area contributed by atoms with Crippen LogP contribution in [0.25, 0.3) is 10.9 Å². The fourth-order valence-corrected chi connectivity index (χ4v) is 3.50. The number of benzene rings is 2. The standard InChI is InChI=1S/C18H19N3O4S.ClH/c1-4-26(22,23)14-7-5-6-12(8-14)21-18-17-15(19-11-20-18)9-13(24-2)10-16(17)25-3;/h5-11H,4H2,1-3H3,(H,19,20,21);1H. The highest BCUT2D eigenvalue weighted by molar-refractivity contribution is 7.91. The van der Waals surface area contributed by atoms with Gasteiger partial charge in [-0.05, 0) is 18.2 Å². The molecule has 1 N–H and O–H groups in total. The van der Waals surface area contributed by atoms with Crippen LogP contribution in [0.15, 0.2) is 47.6 Å². The van der Waals surface area contributed by atoms with Gasteiger partial charge in [0.25, 0.3) is 0 Å². The minimum Gasteiger partial charge on any atom is -0.497 e. The van der Waals surface area contributed by atoms with E-state index >= 15 is 0 Å². The molecular weight excluding hydrogens is 390 g/mol. The first-order chi connectivity index (χ1) is 12.5. The molecule has 9 heteroatoms. The first-order valence-corrected chi connectivity index (χ1v) is 9.60. The molecule has 0 spiro atoms. The molecule has 27 heavy (non-hydrogen) atoms. The molecule has 0 fully saturated rings. The lowest BCUT2D eigenvalue weighted by Crippen LogP contribution is -2.04. The Balaban J connectivity index is 0.00000261. The predicted octanol–water partition coefficient (Wildman–Crippen LogP) is 3.61. The molecule has 7 nitrogen and oxygen atoms in total. The average Bonchev–Trinajstić information content (AvgIpc) is 2.67. The average molecular weight is 410 g/mol. The third-order valence-electron chi connectivity index (χ3n) is 3.97. The molecule has 0 aliphatic heterocycles. The second-order valence-electron chi connectivity index (χ2n) is 5.50. The largest absolute Gasteiger partial charge is 0.497 e. The van der Waals surface area contributed by atoms with Gasteiger partial charge in [-0.2, -0.15) is 0 Å². The van der Waals surface area contributed by atoms with E-state index in [9.17, 15) is 8.42 Å². The van der Waals surface area contributed by atoms with Crippen LogP contribution in [0.5, 0.6) is 11.5 Å². The third kappa shape index (κ3) is 4.23. The first kappa shape index (κ1) is 20.7. The lowest BCUT2D eigenvalue weighted by Gasteiger charge is -2.13. The van der Waals surface area contributed by atoms with Crippen LogP contribution in [-0.4, -0.2) is 38.4 Å². The molecule has 144 valence electrons. The molecule has 3 aromatic rings. The van der Waals surface area contributed by atoms with E-state index in [1.165, 1.54) is 6.33 Å². The van der Waals surface area contributed by atoms with Crippen molar-refractivity contribution in [1.29, 1.82) is 0 Å². The highest BCUT2D eigenvalue weighted by Gasteiger charge is 2.15. The van der Waals surface area contributed by atoms with E-state index in [4.69, 9.17) is 9.47 Å². The van der Waals surface area contributed by atoms with Gasteiger partial charge in [0.15, 0.2) is 9.84 Å². The van der Waals surface area contributed by atoms with Gasteiger partial charge < -0.3 is 14.8 Å². The summed E-state index contributed by atoms with van der Waals surface area (Å²) >= 11 is 0. The molecule has 0 aliphatic rings. The maximum absolute atomic E-state index is 12.1. The van der Waals surface area contributed by atoms with E-state index in [1.54, 1.807) is 57.5 Å². The molecule has 1 heterocycles. The summed E-state index contributed by atoms with van der Waals surface area (Å²) in [5.41, 5.74) is 1.26. The Bertz CT molecular complexity index is 1060. The van der Waals surface area contributed by atoms with Crippen LogP contribution < -0.4 is 14.8 Å². The highest BCUT2D eigenvalue weighted by atomic mass is 35.5. The van der Waals surface area contributed by atoms with Crippen molar-refractivity contribution in [2.24, 2.45) is 0 Å². The first-order valence-electron chi connectivity index (χ1n) is 7.95. The maximum atomic E-state index is 12.1. The van der Waals surface area contributed by atoms with Gasteiger partial charge in [-0.25, -0.2) is 18.4 Å². The number of methoxy groups -OCH3 is 2. The summed E-state index contributed by atoms with van der Waals surface area (Å²) in [5, 5.41) is 3.84. The number of fused-ring (bicyclic) bond motifs is 1. The summed E-state index contributed by atoms with van der Waals surface area (Å²) in [6.07, 6.45) is 1.43. The predicted molar refractivity (Wildman–Crippen MR) is 107 cm³/mol. The SMILES string of the molecule is CCS(=O)(=O)c1cccc(Nc2ncnc3cc(OC)cc(OC)c23)c1.Cl. The molecule has 0 aliphatic carbocycles. The normalized spacial score (nSPS) is 10.9. The zero-order valence-electron chi connectivity index (χ0n) is 15.1. The van der Waals surface area contributed by atoms with Crippen molar-refractivity contribution in [3.05, 3.63) is 42.7 Å². The number of aromatic nitrogens is 2. The van der Waals surface area contributed by atoms with Crippen LogP contribution >= 0.6 is 12.4 Å². The second kappa shape index (κ2) is 8.41. The summed E-state index contributed by atoms with van der Waals surface area (Å²) in [7, 11) is -0.166. The lowest BCUT2D eigenvalue weighted by atomic mass is 10.2. The number of anilines is 2. The number of hydrogen-bond acceptors (Lipinski definition) is 7. The molecule has 0 saturated carbocycles. The van der Waals surface area contributed by atoms with E-state index in [2.05, 4.69) is 15.3 Å². The topological polar surface area (TPSA) is 90.4 Å². The number of ether oxygens (including phenoxy) is 2. The number of nitrogens with zero attached hydrogens (tertiary/aromatic N) is 2. The van der Waals surface area contributed by atoms with Gasteiger partial charge in [-0.1, -0.05) is 13.0 Å². The van der Waals surface area contributed by atoms with Gasteiger partial charge >= 0.3 is 0 Å². The van der Waals surface area contributed by atoms with Crippen LogP contribution in [0, 0.1) is 0 Å². The Morgan fingerprint density at radius 3 is 2.52 bits per heavy atom. The molecule has 2 aromatic carbocycles. The van der Waals surface area contributed by atoms with Crippen LogP contribution in [-0.2, 0) is 9.84 Å². The molecule has 0 atom stereocenters. The van der Waals surface area contributed by atoms with Crippen molar-refractivity contribution in [3.8, 4) is 11.5 Å². The van der Waals surface area contributed by atoms with Crippen LogP contribution in [0.1, 0.15) is 6.92 Å². The fraction of sp³-hybridized carbons (Fsp3) is 0.222. The minimum atomic E-state index is -3.29. The number of halogens is 1. The summed E-state index contributed by atoms with van der Waals surface area (Å²) in [5.74, 6) is 1.73. The molecule has 0 saturated heterocycles. The zero-order chi connectivity index (χ0) is 18.7. The van der Waals surface area contributed by atoms with E-state index < -0.39 is 9.84 Å². The van der Waals surface area contributed by atoms with Crippen molar-refractivity contribution in [1.82, 2.24) is 9.97 Å². The van der Waals surface area contributed by atoms with Gasteiger partial charge in [0.2, 0.25) is 0 Å². The summed E-state index contributed by atoms with van der Waals surface area (Å²) in [6, 6.07) is 10.2. The summed E-state index contributed by atoms with van der Waals surface area (Å²) in [4.78, 5) is 8.81. The molecule has 3 rings (SSSR count). The number of rotatable bonds is 6. The Hall–Kier alpha value is -2.58. The van der Waals surface area contributed by atoms with Crippen molar-refractivity contribution in [2.75, 3.05) is 25.3 Å². The lowest BCUT2D eigenvalue weighted by molar-refractivity contribution is 0.398. The zero-order valence-corrected chi connectivity index (χ0v) is 16.7. The van der Waals surface area contributed by atoms with Crippen molar-refractivity contribution in [2.45, 2.75) is 11.8 Å². The van der Waals surface area contributed by atoms with E-state index in [0.29, 0.717) is 33.9 Å². The highest BCUT2D eigenvalue weighted by Crippen LogP contribution is 2.35. The van der Waals surface area contributed by atoms with E-state index in [0.717, 1.165) is 0 Å². The molecule has 0 unspecified atom stereocenters. The fourth-order valence-electron chi connectivity index (χ4n) is 2.57. The van der Waals surface area contributed by atoms with Crippen LogP contribution in [0.3, 0.4) is 0 Å². The van der Waals surface area contributed by atoms with Gasteiger partial charge in [-0.15, -0.1) is 12.4 Å². The molecule has 1 aromatic heterocycles. The minimum absolute atomic E-state index is 0. The molecular formula is C18H20ClN3O4S. The van der Waals surface area contributed by atoms with Crippen molar-refractivity contribution < 1.29 is 17.9 Å². The number of sulfone groups is 1. The quantitative estimate of drug-likeness (QED) is 0.665. The van der Waals surface area contributed by atoms with Gasteiger partial charge in [0, 0.05) is 17.8 Å². The molecule has 0 amide bonds. The van der Waals surface area contributed by atoms with E-state index in [1.807, 2.05) is 0 Å². The van der Waals surface area contributed by atoms with Gasteiger partial charge in [-0.3, -0.25) is 0 Å². The Kier molecular flexibility index (Phi) is 6.45. The third-order valence-corrected chi connectivity index (χ3v) is 5.70. The van der Waals surface area contributed by atoms with Crippen LogP contribution in [0.4, 0.5) is 11.5 Å². The molecule has 0 bridgehead atoms. The van der Waals surface area contributed by atoms with Crippen molar-refractivity contribution in [3.63, 3.8) is 0 Å². The van der Waals surface area contributed by atoms with Crippen molar-refractivity contribution >= 4 is 44.7 Å². The van der Waals surface area contributed by atoms with Gasteiger partial charge in [0.05, 0.1) is 35.8 Å². The monoisotopic (exact) mass is 409 g/mol. The van der Waals surface area contributed by atoms with E-state index in [-0.39, 0.29) is 23.1 Å². The summed E-state index contributed by atoms with van der Waals surface area (Å²) < 4.78 is 34.9. The Morgan fingerprint density at radius 2 is 1.85 bits per heavy atom. The summed E-state index contributed by atoms with van der Waals surface area (Å²) in [6.45, 7) is 1.62. The molecule has 0 radical (unpaired) electrons. The van der Waals surface area contributed by atoms with Crippen LogP contribution in [0.2, 0.25) is 0 Å². The smallest absolute Gasteiger partial charge is 0.178 e. The Labute approximate surface area is 164 Å². The van der Waals surface area contributed by atoms with Gasteiger partial charge in [0.1, 0.15) is 23.6 Å². The maximum Gasteiger partial charge on any atom is 0.178 e.